The van der Waals surface area contributed by atoms with Crippen LogP contribution in [0.4, 0.5) is 0 Å². The lowest BCUT2D eigenvalue weighted by molar-refractivity contribution is -0.122. The molecule has 3 N–H and O–H groups in total. The summed E-state index contributed by atoms with van der Waals surface area (Å²) in [5, 5.41) is 7.27. The molecule has 3 heterocycles. The lowest BCUT2D eigenvalue weighted by Crippen LogP contribution is -2.45. The van der Waals surface area contributed by atoms with Gasteiger partial charge in [0.15, 0.2) is 0 Å². The molecule has 116 valence electrons. The van der Waals surface area contributed by atoms with Crippen molar-refractivity contribution in [2.24, 2.45) is 0 Å². The topological polar surface area (TPSA) is 83.9 Å². The molecule has 0 aromatic carbocycles. The summed E-state index contributed by atoms with van der Waals surface area (Å²) in [5.74, 6) is -0.0547. The van der Waals surface area contributed by atoms with E-state index in [2.05, 4.69) is 26.3 Å². The number of pyridine rings is 1. The number of amides is 1. The van der Waals surface area contributed by atoms with Crippen molar-refractivity contribution in [3.05, 3.63) is 47.5 Å². The molecule has 0 aliphatic carbocycles. The van der Waals surface area contributed by atoms with E-state index in [4.69, 9.17) is 0 Å². The van der Waals surface area contributed by atoms with Gasteiger partial charge >= 0.3 is 0 Å². The third-order valence-electron chi connectivity index (χ3n) is 3.74. The number of nitrogens with zero attached hydrogens (tertiary/aromatic N) is 3. The van der Waals surface area contributed by atoms with Crippen LogP contribution in [-0.2, 0) is 11.3 Å². The molecule has 1 amide bonds. The molecule has 22 heavy (non-hydrogen) atoms. The zero-order valence-electron chi connectivity index (χ0n) is 12.7. The monoisotopic (exact) mass is 300 g/mol. The Bertz CT molecular complexity index is 653. The summed E-state index contributed by atoms with van der Waals surface area (Å²) in [7, 11) is 0. The molecule has 2 aromatic rings. The number of hydrogen-bond donors (Lipinski definition) is 3. The summed E-state index contributed by atoms with van der Waals surface area (Å²) in [6.07, 6.45) is 4.23. The summed E-state index contributed by atoms with van der Waals surface area (Å²) < 4.78 is 1.72. The summed E-state index contributed by atoms with van der Waals surface area (Å²) in [4.78, 5) is 16.1. The van der Waals surface area contributed by atoms with Crippen LogP contribution in [-0.4, -0.2) is 26.8 Å². The molecule has 2 aromatic heterocycles. The van der Waals surface area contributed by atoms with Crippen molar-refractivity contribution in [1.29, 1.82) is 0 Å². The van der Waals surface area contributed by atoms with E-state index in [9.17, 15) is 4.79 Å². The molecule has 0 saturated carbocycles. The summed E-state index contributed by atoms with van der Waals surface area (Å²) in [5.41, 5.74) is 9.36. The van der Waals surface area contributed by atoms with Crippen LogP contribution in [0.25, 0.3) is 0 Å². The second kappa shape index (κ2) is 6.25. The molecule has 1 saturated heterocycles. The van der Waals surface area contributed by atoms with E-state index in [1.54, 1.807) is 17.1 Å². The highest BCUT2D eigenvalue weighted by Gasteiger charge is 2.26. The lowest BCUT2D eigenvalue weighted by atomic mass is 10.1. The molecule has 0 bridgehead atoms. The van der Waals surface area contributed by atoms with Crippen LogP contribution < -0.4 is 16.2 Å². The standard InChI is InChI=1S/C15H20N6O/c1-10-7-11(2)21(20-10)9-15(22)17-14-8-13(18-19-14)12-3-5-16-6-4-12/h3-7,13-14,18-19H,8-9H2,1-2H3,(H,17,22). The Balaban J connectivity index is 1.54. The fraction of sp³-hybridized carbons (Fsp3) is 0.400. The first-order valence-corrected chi connectivity index (χ1v) is 7.33. The van der Waals surface area contributed by atoms with E-state index >= 15 is 0 Å². The third kappa shape index (κ3) is 3.32. The van der Waals surface area contributed by atoms with Crippen LogP contribution >= 0.6 is 0 Å². The smallest absolute Gasteiger partial charge is 0.242 e. The van der Waals surface area contributed by atoms with Crippen LogP contribution in [0.15, 0.2) is 30.6 Å². The van der Waals surface area contributed by atoms with Crippen molar-refractivity contribution < 1.29 is 4.79 Å². The first-order chi connectivity index (χ1) is 10.6. The second-order valence-electron chi connectivity index (χ2n) is 5.56. The van der Waals surface area contributed by atoms with Crippen LogP contribution in [0.1, 0.15) is 29.4 Å². The molecule has 7 nitrogen and oxygen atoms in total. The van der Waals surface area contributed by atoms with Gasteiger partial charge in [0.2, 0.25) is 5.91 Å². The number of carbonyl (C=O) groups is 1. The Labute approximate surface area is 129 Å². The number of hydrazine groups is 1. The van der Waals surface area contributed by atoms with Crippen LogP contribution in [0.3, 0.4) is 0 Å². The summed E-state index contributed by atoms with van der Waals surface area (Å²) >= 11 is 0. The Hall–Kier alpha value is -2.25. The Morgan fingerprint density at radius 3 is 2.82 bits per heavy atom. The SMILES string of the molecule is Cc1cc(C)n(CC(=O)NC2CC(c3ccncc3)NN2)n1. The maximum absolute atomic E-state index is 12.1. The van der Waals surface area contributed by atoms with Crippen LogP contribution in [0, 0.1) is 13.8 Å². The zero-order chi connectivity index (χ0) is 15.5. The van der Waals surface area contributed by atoms with Gasteiger partial charge in [-0.25, -0.2) is 10.9 Å². The molecule has 1 aliphatic rings. The largest absolute Gasteiger partial charge is 0.338 e. The van der Waals surface area contributed by atoms with Gasteiger partial charge in [0.1, 0.15) is 6.54 Å². The molecule has 7 heteroatoms. The second-order valence-corrected chi connectivity index (χ2v) is 5.56. The number of carbonyl (C=O) groups excluding carboxylic acids is 1. The Morgan fingerprint density at radius 2 is 2.14 bits per heavy atom. The number of hydrogen-bond acceptors (Lipinski definition) is 5. The highest BCUT2D eigenvalue weighted by Crippen LogP contribution is 2.20. The van der Waals surface area contributed by atoms with Crippen molar-refractivity contribution >= 4 is 5.91 Å². The van der Waals surface area contributed by atoms with Crippen molar-refractivity contribution in [3.63, 3.8) is 0 Å². The molecule has 1 aliphatic heterocycles. The minimum absolute atomic E-state index is 0.0547. The maximum Gasteiger partial charge on any atom is 0.242 e. The van der Waals surface area contributed by atoms with Gasteiger partial charge in [-0.3, -0.25) is 14.5 Å². The maximum atomic E-state index is 12.1. The highest BCUT2D eigenvalue weighted by molar-refractivity contribution is 5.76. The molecule has 3 rings (SSSR count). The Kier molecular flexibility index (Phi) is 4.17. The lowest BCUT2D eigenvalue weighted by Gasteiger charge is -2.12. The van der Waals surface area contributed by atoms with Crippen LogP contribution in [0.5, 0.6) is 0 Å². The minimum Gasteiger partial charge on any atom is -0.338 e. The predicted molar refractivity (Wildman–Crippen MR) is 81.5 cm³/mol. The van der Waals surface area contributed by atoms with Gasteiger partial charge < -0.3 is 5.32 Å². The van der Waals surface area contributed by atoms with E-state index in [0.717, 1.165) is 23.4 Å². The summed E-state index contributed by atoms with van der Waals surface area (Å²) in [6, 6.07) is 6.07. The Morgan fingerprint density at radius 1 is 1.36 bits per heavy atom. The van der Waals surface area contributed by atoms with Gasteiger partial charge in [-0.2, -0.15) is 5.10 Å². The van der Waals surface area contributed by atoms with Crippen molar-refractivity contribution in [1.82, 2.24) is 30.9 Å². The first kappa shape index (κ1) is 14.7. The van der Waals surface area contributed by atoms with E-state index in [-0.39, 0.29) is 24.7 Å². The van der Waals surface area contributed by atoms with Gasteiger partial charge in [0.25, 0.3) is 0 Å². The van der Waals surface area contributed by atoms with Gasteiger partial charge in [-0.05, 0) is 37.6 Å². The highest BCUT2D eigenvalue weighted by atomic mass is 16.2. The number of rotatable bonds is 4. The normalized spacial score (nSPS) is 21.0. The quantitative estimate of drug-likeness (QED) is 0.769. The van der Waals surface area contributed by atoms with E-state index in [1.165, 1.54) is 0 Å². The van der Waals surface area contributed by atoms with Gasteiger partial charge in [0.05, 0.1) is 11.9 Å². The minimum atomic E-state index is -0.0948. The molecule has 1 fully saturated rings. The van der Waals surface area contributed by atoms with E-state index in [0.29, 0.717) is 0 Å². The average molecular weight is 300 g/mol. The summed E-state index contributed by atoms with van der Waals surface area (Å²) in [6.45, 7) is 4.10. The van der Waals surface area contributed by atoms with Crippen molar-refractivity contribution in [3.8, 4) is 0 Å². The number of nitrogens with one attached hydrogen (secondary N) is 3. The van der Waals surface area contributed by atoms with Crippen molar-refractivity contribution in [2.45, 2.75) is 39.0 Å². The molecular weight excluding hydrogens is 280 g/mol. The number of aryl methyl sites for hydroxylation is 2. The van der Waals surface area contributed by atoms with E-state index < -0.39 is 0 Å². The van der Waals surface area contributed by atoms with Crippen LogP contribution in [0.2, 0.25) is 0 Å². The van der Waals surface area contributed by atoms with E-state index in [1.807, 2.05) is 32.0 Å². The first-order valence-electron chi connectivity index (χ1n) is 7.33. The molecular formula is C15H20N6O. The fourth-order valence-electron chi connectivity index (χ4n) is 2.68. The predicted octanol–water partition coefficient (Wildman–Crippen LogP) is 0.576. The molecule has 2 atom stereocenters. The molecule has 2 unspecified atom stereocenters. The third-order valence-corrected chi connectivity index (χ3v) is 3.74. The fourth-order valence-corrected chi connectivity index (χ4v) is 2.68. The zero-order valence-corrected chi connectivity index (χ0v) is 12.7. The molecule has 0 spiro atoms. The average Bonchev–Trinajstić information content (AvgIpc) is 3.07. The van der Waals surface area contributed by atoms with Gasteiger partial charge in [-0.1, -0.05) is 0 Å². The molecule has 0 radical (unpaired) electrons. The van der Waals surface area contributed by atoms with Gasteiger partial charge in [0, 0.05) is 30.6 Å². The van der Waals surface area contributed by atoms with Gasteiger partial charge in [-0.15, -0.1) is 0 Å². The number of aromatic nitrogens is 3. The van der Waals surface area contributed by atoms with Crippen molar-refractivity contribution in [2.75, 3.05) is 0 Å².